The molecule has 0 radical (unpaired) electrons. The summed E-state index contributed by atoms with van der Waals surface area (Å²) >= 11 is 2.00. The Morgan fingerprint density at radius 2 is 2.12 bits per heavy atom. The molecule has 0 aromatic heterocycles. The van der Waals surface area contributed by atoms with Gasteiger partial charge in [-0.25, -0.2) is 4.39 Å². The fraction of sp³-hybridized carbons (Fsp3) is 0.529. The third-order valence-corrected chi connectivity index (χ3v) is 5.14. The van der Waals surface area contributed by atoms with Crippen molar-refractivity contribution < 1.29 is 9.18 Å². The minimum absolute atomic E-state index is 0. The lowest BCUT2D eigenvalue weighted by atomic mass is 10.1. The Morgan fingerprint density at radius 3 is 2.80 bits per heavy atom. The zero-order valence-corrected chi connectivity index (χ0v) is 17.5. The Labute approximate surface area is 170 Å². The van der Waals surface area contributed by atoms with Crippen LogP contribution in [0.15, 0.2) is 29.3 Å². The van der Waals surface area contributed by atoms with Crippen LogP contribution in [0.2, 0.25) is 0 Å². The van der Waals surface area contributed by atoms with Gasteiger partial charge in [-0.15, -0.1) is 24.0 Å². The average molecular weight is 480 g/mol. The minimum atomic E-state index is -0.322. The summed E-state index contributed by atoms with van der Waals surface area (Å²) in [6.45, 7) is 2.00. The maximum absolute atomic E-state index is 13.1. The second kappa shape index (κ2) is 12.3. The highest BCUT2D eigenvalue weighted by atomic mass is 127. The zero-order valence-electron chi connectivity index (χ0n) is 14.4. The van der Waals surface area contributed by atoms with Crippen LogP contribution in [0.25, 0.3) is 0 Å². The summed E-state index contributed by atoms with van der Waals surface area (Å²) in [4.78, 5) is 16.0. The van der Waals surface area contributed by atoms with E-state index < -0.39 is 0 Å². The second-order valence-corrected chi connectivity index (χ2v) is 7.08. The first kappa shape index (κ1) is 22.0. The van der Waals surface area contributed by atoms with Crippen molar-refractivity contribution in [2.24, 2.45) is 4.99 Å². The van der Waals surface area contributed by atoms with Gasteiger partial charge in [-0.2, -0.15) is 11.8 Å². The van der Waals surface area contributed by atoms with E-state index in [0.29, 0.717) is 23.9 Å². The normalized spacial score (nSPS) is 16.9. The minimum Gasteiger partial charge on any atom is -0.355 e. The molecule has 2 rings (SSSR count). The van der Waals surface area contributed by atoms with E-state index in [1.165, 1.54) is 30.7 Å². The van der Waals surface area contributed by atoms with Crippen molar-refractivity contribution in [1.29, 1.82) is 0 Å². The predicted molar refractivity (Wildman–Crippen MR) is 113 cm³/mol. The molecule has 3 N–H and O–H groups in total. The molecular weight excluding hydrogens is 454 g/mol. The first-order valence-electron chi connectivity index (χ1n) is 8.24. The number of rotatable bonds is 7. The van der Waals surface area contributed by atoms with Crippen LogP contribution in [0.3, 0.4) is 0 Å². The van der Waals surface area contributed by atoms with Gasteiger partial charge in [0, 0.05) is 31.9 Å². The van der Waals surface area contributed by atoms with Crippen LogP contribution < -0.4 is 16.0 Å². The fourth-order valence-corrected chi connectivity index (χ4v) is 3.72. The number of nitrogens with zero attached hydrogens (tertiary/aromatic N) is 1. The van der Waals surface area contributed by atoms with Crippen molar-refractivity contribution in [2.45, 2.75) is 24.5 Å². The quantitative estimate of drug-likeness (QED) is 0.242. The molecule has 1 heterocycles. The lowest BCUT2D eigenvalue weighted by molar-refractivity contribution is -0.120. The molecule has 1 aliphatic heterocycles. The third kappa shape index (κ3) is 8.75. The Bertz CT molecular complexity index is 567. The van der Waals surface area contributed by atoms with Crippen molar-refractivity contribution in [3.8, 4) is 0 Å². The number of amides is 1. The number of carbonyl (C=O) groups is 1. The molecule has 25 heavy (non-hydrogen) atoms. The standard InChI is InChI=1S/C17H25FN4OS.HI/c1-19-17(22-12-15-6-3-9-24-15)21-8-7-20-16(23)11-13-4-2-5-14(18)10-13;/h2,4-5,10,15H,3,6-9,11-12H2,1H3,(H,20,23)(H2,19,21,22);1H. The smallest absolute Gasteiger partial charge is 0.224 e. The molecular formula is C17H26FIN4OS. The summed E-state index contributed by atoms with van der Waals surface area (Å²) in [5, 5.41) is 9.96. The molecule has 1 aromatic carbocycles. The number of benzene rings is 1. The molecule has 0 bridgehead atoms. The highest BCUT2D eigenvalue weighted by Gasteiger charge is 2.15. The second-order valence-electron chi connectivity index (χ2n) is 5.67. The van der Waals surface area contributed by atoms with Gasteiger partial charge in [0.2, 0.25) is 5.91 Å². The first-order valence-corrected chi connectivity index (χ1v) is 9.29. The Kier molecular flexibility index (Phi) is 10.9. The molecule has 140 valence electrons. The van der Waals surface area contributed by atoms with E-state index in [9.17, 15) is 9.18 Å². The maximum atomic E-state index is 13.1. The fourth-order valence-electron chi connectivity index (χ4n) is 2.51. The van der Waals surface area contributed by atoms with Gasteiger partial charge in [-0.05, 0) is 36.3 Å². The SMILES string of the molecule is CN=C(NCCNC(=O)Cc1cccc(F)c1)NCC1CCCS1.I. The molecule has 1 saturated heterocycles. The summed E-state index contributed by atoms with van der Waals surface area (Å²) < 4.78 is 13.1. The van der Waals surface area contributed by atoms with Crippen molar-refractivity contribution in [3.63, 3.8) is 0 Å². The van der Waals surface area contributed by atoms with Gasteiger partial charge in [0.25, 0.3) is 0 Å². The summed E-state index contributed by atoms with van der Waals surface area (Å²) in [7, 11) is 1.74. The number of carbonyl (C=O) groups excluding carboxylic acids is 1. The highest BCUT2D eigenvalue weighted by molar-refractivity contribution is 14.0. The van der Waals surface area contributed by atoms with Crippen LogP contribution in [-0.4, -0.2) is 49.6 Å². The summed E-state index contributed by atoms with van der Waals surface area (Å²) in [5.74, 6) is 1.56. The van der Waals surface area contributed by atoms with Gasteiger partial charge in [-0.3, -0.25) is 9.79 Å². The largest absolute Gasteiger partial charge is 0.355 e. The van der Waals surface area contributed by atoms with Gasteiger partial charge in [-0.1, -0.05) is 12.1 Å². The number of thioether (sulfide) groups is 1. The Balaban J connectivity index is 0.00000312. The molecule has 0 saturated carbocycles. The van der Waals surface area contributed by atoms with Crippen LogP contribution in [0, 0.1) is 5.82 Å². The van der Waals surface area contributed by atoms with Crippen molar-refractivity contribution in [2.75, 3.05) is 32.4 Å². The lowest BCUT2D eigenvalue weighted by Crippen LogP contribution is -2.43. The molecule has 8 heteroatoms. The number of halogens is 2. The van der Waals surface area contributed by atoms with Crippen molar-refractivity contribution in [3.05, 3.63) is 35.6 Å². The molecule has 1 unspecified atom stereocenters. The maximum Gasteiger partial charge on any atom is 0.224 e. The van der Waals surface area contributed by atoms with Gasteiger partial charge < -0.3 is 16.0 Å². The lowest BCUT2D eigenvalue weighted by Gasteiger charge is -2.15. The van der Waals surface area contributed by atoms with E-state index in [1.54, 1.807) is 19.2 Å². The van der Waals surface area contributed by atoms with E-state index >= 15 is 0 Å². The first-order chi connectivity index (χ1) is 11.7. The monoisotopic (exact) mass is 480 g/mol. The molecule has 0 spiro atoms. The number of aliphatic imine (C=N–C) groups is 1. The van der Waals surface area contributed by atoms with Crippen molar-refractivity contribution in [1.82, 2.24) is 16.0 Å². The van der Waals surface area contributed by atoms with Gasteiger partial charge >= 0.3 is 0 Å². The summed E-state index contributed by atoms with van der Waals surface area (Å²) in [6, 6.07) is 6.10. The van der Waals surface area contributed by atoms with Crippen LogP contribution in [0.4, 0.5) is 4.39 Å². The summed E-state index contributed by atoms with van der Waals surface area (Å²) in [6.07, 6.45) is 2.73. The zero-order chi connectivity index (χ0) is 17.2. The van der Waals surface area contributed by atoms with E-state index in [4.69, 9.17) is 0 Å². The number of hydrogen-bond acceptors (Lipinski definition) is 3. The van der Waals surface area contributed by atoms with Crippen LogP contribution in [0.1, 0.15) is 18.4 Å². The summed E-state index contributed by atoms with van der Waals surface area (Å²) in [5.41, 5.74) is 0.673. The number of hydrogen-bond donors (Lipinski definition) is 3. The van der Waals surface area contributed by atoms with Crippen LogP contribution in [-0.2, 0) is 11.2 Å². The molecule has 1 amide bonds. The topological polar surface area (TPSA) is 65.5 Å². The van der Waals surface area contributed by atoms with Crippen molar-refractivity contribution >= 4 is 47.6 Å². The molecule has 1 aromatic rings. The molecule has 0 aliphatic carbocycles. The Morgan fingerprint density at radius 1 is 1.32 bits per heavy atom. The van der Waals surface area contributed by atoms with E-state index in [1.807, 2.05) is 11.8 Å². The van der Waals surface area contributed by atoms with Crippen LogP contribution >= 0.6 is 35.7 Å². The molecule has 1 fully saturated rings. The van der Waals surface area contributed by atoms with Gasteiger partial charge in [0.1, 0.15) is 5.82 Å². The van der Waals surface area contributed by atoms with Crippen LogP contribution in [0.5, 0.6) is 0 Å². The van der Waals surface area contributed by atoms with E-state index in [0.717, 1.165) is 12.5 Å². The number of nitrogens with one attached hydrogen (secondary N) is 3. The molecule has 1 atom stereocenters. The highest BCUT2D eigenvalue weighted by Crippen LogP contribution is 2.25. The number of guanidine groups is 1. The van der Waals surface area contributed by atoms with Gasteiger partial charge in [0.15, 0.2) is 5.96 Å². The molecule has 5 nitrogen and oxygen atoms in total. The predicted octanol–water partition coefficient (Wildman–Crippen LogP) is 2.16. The third-order valence-electron chi connectivity index (χ3n) is 3.74. The van der Waals surface area contributed by atoms with Gasteiger partial charge in [0.05, 0.1) is 6.42 Å². The Hall–Kier alpha value is -1.03. The molecule has 1 aliphatic rings. The van der Waals surface area contributed by atoms with E-state index in [-0.39, 0.29) is 42.1 Å². The average Bonchev–Trinajstić information content (AvgIpc) is 3.07. The van der Waals surface area contributed by atoms with E-state index in [2.05, 4.69) is 20.9 Å².